The van der Waals surface area contributed by atoms with E-state index in [0.717, 1.165) is 24.3 Å². The van der Waals surface area contributed by atoms with E-state index in [0.29, 0.717) is 6.08 Å². The molecule has 0 fully saturated rings. The summed E-state index contributed by atoms with van der Waals surface area (Å²) in [7, 11) is 0. The first kappa shape index (κ1) is 48.2. The largest absolute Gasteiger partial charge is 0.355 e. The van der Waals surface area contributed by atoms with Crippen molar-refractivity contribution in [3.63, 3.8) is 0 Å². The Morgan fingerprint density at radius 2 is 0.638 bits per heavy atom. The Balaban J connectivity index is 0.00000642. The molecule has 0 saturated carbocycles. The fourth-order valence-electron chi connectivity index (χ4n) is 7.53. The number of hydrogen-bond acceptors (Lipinski definition) is 2. The van der Waals surface area contributed by atoms with Gasteiger partial charge in [0.2, 0.25) is 23.3 Å². The van der Waals surface area contributed by atoms with Gasteiger partial charge >= 0.3 is 0 Å². The van der Waals surface area contributed by atoms with Crippen molar-refractivity contribution in [2.45, 2.75) is 0 Å². The van der Waals surface area contributed by atoms with Gasteiger partial charge in [-0.25, -0.2) is 97.8 Å². The van der Waals surface area contributed by atoms with Gasteiger partial charge in [-0.15, -0.1) is 0 Å². The normalized spacial score (nSPS) is 12.1. The number of halogens is 20. The second-order valence-corrected chi connectivity index (χ2v) is 14.3. The molecule has 5 heterocycles. The first-order chi connectivity index (χ1) is 32.1. The monoisotopic (exact) mass is 1170 g/mol. The smallest absolute Gasteiger partial charge is 0.200 e. The van der Waals surface area contributed by atoms with E-state index in [1.807, 2.05) is 0 Å². The summed E-state index contributed by atoms with van der Waals surface area (Å²) in [6.07, 6.45) is 3.17. The molecule has 356 valence electrons. The van der Waals surface area contributed by atoms with E-state index in [9.17, 15) is 17.6 Å². The molecule has 25 heteroatoms. The molecule has 0 unspecified atom stereocenters. The summed E-state index contributed by atoms with van der Waals surface area (Å²) < 4.78 is 313. The number of fused-ring (bicyclic) bond motifs is 8. The predicted molar refractivity (Wildman–Crippen MR) is 199 cm³/mol. The molecule has 8 bridgehead atoms. The van der Waals surface area contributed by atoms with E-state index < -0.39 is 188 Å². The topological polar surface area (TPSA) is 46.5 Å². The van der Waals surface area contributed by atoms with Crippen molar-refractivity contribution >= 4 is 46.4 Å². The number of rotatable bonds is 4. The van der Waals surface area contributed by atoms with Gasteiger partial charge in [-0.05, 0) is 54.6 Å². The minimum atomic E-state index is -3.15. The first-order valence-electron chi connectivity index (χ1n) is 18.3. The van der Waals surface area contributed by atoms with Crippen LogP contribution < -0.4 is 0 Å². The van der Waals surface area contributed by atoms with E-state index in [1.54, 1.807) is 0 Å². The van der Waals surface area contributed by atoms with Crippen molar-refractivity contribution in [3.05, 3.63) is 169 Å². The average molecular weight is 1170 g/mol. The maximum absolute atomic E-state index is 16.5. The molecule has 9 rings (SSSR count). The summed E-state index contributed by atoms with van der Waals surface area (Å²) in [4.78, 5) is 10.8. The van der Waals surface area contributed by atoms with Crippen molar-refractivity contribution < 1.29 is 109 Å². The van der Waals surface area contributed by atoms with Crippen LogP contribution in [0.1, 0.15) is 22.8 Å². The van der Waals surface area contributed by atoms with Crippen LogP contribution in [-0.2, 0) is 21.1 Å². The molecule has 2 aliphatic heterocycles. The van der Waals surface area contributed by atoms with Gasteiger partial charge in [0, 0.05) is 48.8 Å². The van der Waals surface area contributed by atoms with E-state index in [1.165, 1.54) is 18.2 Å². The zero-order chi connectivity index (χ0) is 49.3. The maximum Gasteiger partial charge on any atom is 0.200 e. The summed E-state index contributed by atoms with van der Waals surface area (Å²) >= 11 is 0. The number of nitrogens with one attached hydrogen (secondary N) is 1. The van der Waals surface area contributed by atoms with Crippen LogP contribution in [0.5, 0.6) is 0 Å². The summed E-state index contributed by atoms with van der Waals surface area (Å²) in [5.74, 6) is -61.3. The van der Waals surface area contributed by atoms with Crippen LogP contribution in [0.4, 0.5) is 87.8 Å². The average Bonchev–Trinajstić information content (AvgIpc) is 4.14. The van der Waals surface area contributed by atoms with E-state index in [2.05, 4.69) is 15.0 Å². The summed E-state index contributed by atoms with van der Waals surface area (Å²) in [5.41, 5.74) is -24.1. The van der Waals surface area contributed by atoms with Gasteiger partial charge in [0.05, 0.1) is 50.5 Å². The Kier molecular flexibility index (Phi) is 11.9. The molecular formula is C44H10F20N4Pt. The molecule has 4 nitrogen and oxygen atoms in total. The Hall–Kier alpha value is -7.23. The van der Waals surface area contributed by atoms with Crippen LogP contribution in [0.3, 0.4) is 0 Å². The van der Waals surface area contributed by atoms with E-state index in [-0.39, 0.29) is 43.9 Å². The van der Waals surface area contributed by atoms with Crippen molar-refractivity contribution in [1.29, 1.82) is 0 Å². The Labute approximate surface area is 382 Å². The molecule has 69 heavy (non-hydrogen) atoms. The van der Waals surface area contributed by atoms with Crippen LogP contribution in [0.2, 0.25) is 0 Å². The first-order valence-corrected chi connectivity index (χ1v) is 18.3. The zero-order valence-electron chi connectivity index (χ0n) is 32.4. The number of nitrogens with zero attached hydrogens (tertiary/aromatic N) is 3. The minimum absolute atomic E-state index is 0. The van der Waals surface area contributed by atoms with Crippen LogP contribution in [-0.4, -0.2) is 19.5 Å². The number of hydrogen-bond donors (Lipinski definition) is 1. The Morgan fingerprint density at radius 1 is 0.319 bits per heavy atom. The standard InChI is InChI=1S/C44H10F20N4.Pt/c45-23-20(24(46)30(52)35(57)29(23)51)17-15-6-5-13(67-15)8-12-2-1-10(65-12)7-11-3-4-14(66-11)9-16-18(21-25(47)31(53)36(58)32(54)26(21)48)19(22-27(49)33(55)37(59)34(56)28(22)50)43(17)68(16)44-41(63)39(61)38(60)40(62)42(44)64;/h1-9,65H;. The second kappa shape index (κ2) is 17.1. The summed E-state index contributed by atoms with van der Waals surface area (Å²) in [6.45, 7) is 0. The van der Waals surface area contributed by atoms with Gasteiger partial charge in [0.25, 0.3) is 0 Å². The van der Waals surface area contributed by atoms with Crippen molar-refractivity contribution in [2.75, 3.05) is 0 Å². The van der Waals surface area contributed by atoms with Crippen molar-refractivity contribution in [3.8, 4) is 39.1 Å². The Morgan fingerprint density at radius 3 is 1.06 bits per heavy atom. The third kappa shape index (κ3) is 7.11. The second-order valence-electron chi connectivity index (χ2n) is 14.3. The van der Waals surface area contributed by atoms with Gasteiger partial charge < -0.3 is 9.55 Å². The molecule has 0 amide bonds. The van der Waals surface area contributed by atoms with Crippen molar-refractivity contribution in [1.82, 2.24) is 19.5 Å². The molecule has 0 saturated heterocycles. The molecule has 2 aliphatic rings. The van der Waals surface area contributed by atoms with Crippen LogP contribution in [0.25, 0.3) is 85.4 Å². The molecule has 0 atom stereocenters. The van der Waals surface area contributed by atoms with Crippen LogP contribution >= 0.6 is 0 Å². The number of H-pyrrole nitrogens is 1. The Bertz CT molecular complexity index is 3590. The fraction of sp³-hybridized carbons (Fsp3) is 0. The minimum Gasteiger partial charge on any atom is -0.355 e. The number of aromatic nitrogens is 4. The van der Waals surface area contributed by atoms with Gasteiger partial charge in [-0.2, -0.15) is 0 Å². The molecule has 7 aromatic rings. The third-order valence-electron chi connectivity index (χ3n) is 10.5. The SMILES string of the molecule is Fc1c(F)c(F)c(-c2c(-c3c(F)c(F)c(F)c(F)c3F)c3c(-c4c(F)c(F)c(F)c(F)c4F)c4nc(cc5ccc(cc6nc(cc2n3-c2c(F)c(F)c(F)c(F)c2F)C=C6)[nH]5)C=C4)c(F)c1F.[Pt]. The van der Waals surface area contributed by atoms with Gasteiger partial charge in [-0.1, -0.05) is 0 Å². The van der Waals surface area contributed by atoms with E-state index in [4.69, 9.17) is 0 Å². The van der Waals surface area contributed by atoms with Crippen molar-refractivity contribution in [2.24, 2.45) is 0 Å². The summed E-state index contributed by atoms with van der Waals surface area (Å²) in [5, 5.41) is 0. The molecule has 0 aliphatic carbocycles. The molecule has 3 aromatic heterocycles. The summed E-state index contributed by atoms with van der Waals surface area (Å²) in [6, 6.07) is 5.15. The molecule has 0 spiro atoms. The molecule has 0 radical (unpaired) electrons. The number of benzene rings is 4. The fourth-order valence-corrected chi connectivity index (χ4v) is 7.53. The quantitative estimate of drug-likeness (QED) is 0.108. The zero-order valence-corrected chi connectivity index (χ0v) is 34.7. The molecular weight excluding hydrogens is 1160 g/mol. The van der Waals surface area contributed by atoms with Gasteiger partial charge in [0.1, 0.15) is 5.69 Å². The van der Waals surface area contributed by atoms with Gasteiger partial charge in [-0.3, -0.25) is 0 Å². The third-order valence-corrected chi connectivity index (χ3v) is 10.5. The number of aromatic amines is 1. The van der Waals surface area contributed by atoms with Crippen LogP contribution in [0.15, 0.2) is 30.3 Å². The molecule has 4 aromatic carbocycles. The van der Waals surface area contributed by atoms with Gasteiger partial charge in [0.15, 0.2) is 93.1 Å². The van der Waals surface area contributed by atoms with Crippen LogP contribution in [0, 0.1) is 116 Å². The predicted octanol–water partition coefficient (Wildman–Crippen LogP) is 13.9. The maximum atomic E-state index is 16.5. The van der Waals surface area contributed by atoms with E-state index >= 15 is 70.2 Å². The molecule has 1 N–H and O–H groups in total.